The Bertz CT molecular complexity index is 498. The van der Waals surface area contributed by atoms with Gasteiger partial charge < -0.3 is 39.4 Å². The van der Waals surface area contributed by atoms with Gasteiger partial charge in [-0.2, -0.15) is 0 Å². The van der Waals surface area contributed by atoms with Crippen molar-refractivity contribution in [2.24, 2.45) is 0 Å². The molecular formula is C20H36O10. The van der Waals surface area contributed by atoms with Gasteiger partial charge in [0.25, 0.3) is 0 Å². The maximum absolute atomic E-state index is 12.0. The van der Waals surface area contributed by atoms with Gasteiger partial charge in [-0.15, -0.1) is 0 Å². The fourth-order valence-electron chi connectivity index (χ4n) is 2.87. The molecule has 0 aromatic carbocycles. The zero-order valence-corrected chi connectivity index (χ0v) is 17.8. The van der Waals surface area contributed by atoms with E-state index in [9.17, 15) is 30.0 Å². The second-order valence-electron chi connectivity index (χ2n) is 7.39. The van der Waals surface area contributed by atoms with Gasteiger partial charge in [0.2, 0.25) is 0 Å². The van der Waals surface area contributed by atoms with Gasteiger partial charge in [-0.3, -0.25) is 9.59 Å². The predicted octanol–water partition coefficient (Wildman–Crippen LogP) is 0.0284. The van der Waals surface area contributed by atoms with Crippen LogP contribution in [-0.4, -0.2) is 89.0 Å². The molecule has 6 atom stereocenters. The van der Waals surface area contributed by atoms with Crippen LogP contribution in [0, 0.1) is 0 Å². The average molecular weight is 436 g/mol. The van der Waals surface area contributed by atoms with Crippen LogP contribution < -0.4 is 0 Å². The van der Waals surface area contributed by atoms with E-state index in [0.29, 0.717) is 12.8 Å². The lowest BCUT2D eigenvalue weighted by atomic mass is 9.99. The van der Waals surface area contributed by atoms with E-state index < -0.39 is 55.4 Å². The van der Waals surface area contributed by atoms with Crippen LogP contribution in [0.25, 0.3) is 0 Å². The number of esters is 2. The Kier molecular flexibility index (Phi) is 13.1. The van der Waals surface area contributed by atoms with E-state index in [-0.39, 0.29) is 26.1 Å². The highest BCUT2D eigenvalue weighted by Gasteiger charge is 2.44. The number of hydrogen-bond donors (Lipinski definition) is 4. The van der Waals surface area contributed by atoms with Crippen LogP contribution in [0.4, 0.5) is 0 Å². The molecule has 0 radical (unpaired) electrons. The van der Waals surface area contributed by atoms with E-state index in [0.717, 1.165) is 19.3 Å². The highest BCUT2D eigenvalue weighted by atomic mass is 16.7. The average Bonchev–Trinajstić information content (AvgIpc) is 2.73. The number of aliphatic hydroxyl groups excluding tert-OH is 4. The highest BCUT2D eigenvalue weighted by Crippen LogP contribution is 2.22. The Morgan fingerprint density at radius 3 is 2.20 bits per heavy atom. The van der Waals surface area contributed by atoms with E-state index in [1.165, 1.54) is 0 Å². The second-order valence-corrected chi connectivity index (χ2v) is 7.39. The van der Waals surface area contributed by atoms with Gasteiger partial charge in [-0.05, 0) is 12.8 Å². The summed E-state index contributed by atoms with van der Waals surface area (Å²) in [7, 11) is 0. The molecule has 0 aliphatic carbocycles. The Hall–Kier alpha value is -1.30. The first kappa shape index (κ1) is 26.7. The quantitative estimate of drug-likeness (QED) is 0.217. The fourth-order valence-corrected chi connectivity index (χ4v) is 2.87. The number of carbonyl (C=O) groups excluding carboxylic acids is 2. The number of hydrogen-bond acceptors (Lipinski definition) is 10. The SMILES string of the molecule is CCCCCC(=O)OC[C@H](CO[C@@H]1O[C@H](CO)[C@H](O)[C@H](O)[C@H]1O)OC(=O)CCCC. The third-order valence-corrected chi connectivity index (χ3v) is 4.74. The molecule has 0 saturated carbocycles. The summed E-state index contributed by atoms with van der Waals surface area (Å²) in [6.07, 6.45) is -3.56. The van der Waals surface area contributed by atoms with Gasteiger partial charge in [0, 0.05) is 12.8 Å². The van der Waals surface area contributed by atoms with Gasteiger partial charge >= 0.3 is 11.9 Å². The van der Waals surface area contributed by atoms with Crippen LogP contribution in [0.3, 0.4) is 0 Å². The minimum Gasteiger partial charge on any atom is -0.462 e. The molecule has 176 valence electrons. The minimum absolute atomic E-state index is 0.206. The van der Waals surface area contributed by atoms with E-state index in [1.807, 2.05) is 13.8 Å². The zero-order valence-electron chi connectivity index (χ0n) is 17.8. The molecule has 0 amide bonds. The summed E-state index contributed by atoms with van der Waals surface area (Å²) in [6, 6.07) is 0. The third-order valence-electron chi connectivity index (χ3n) is 4.74. The van der Waals surface area contributed by atoms with E-state index in [2.05, 4.69) is 0 Å². The third kappa shape index (κ3) is 9.23. The van der Waals surface area contributed by atoms with Gasteiger partial charge in [-0.25, -0.2) is 0 Å². The molecule has 4 N–H and O–H groups in total. The number of aliphatic hydroxyl groups is 4. The van der Waals surface area contributed by atoms with E-state index in [4.69, 9.17) is 18.9 Å². The molecule has 0 unspecified atom stereocenters. The van der Waals surface area contributed by atoms with Crippen molar-refractivity contribution in [3.8, 4) is 0 Å². The van der Waals surface area contributed by atoms with Crippen molar-refractivity contribution < 1.29 is 49.0 Å². The number of ether oxygens (including phenoxy) is 4. The number of unbranched alkanes of at least 4 members (excludes halogenated alkanes) is 3. The van der Waals surface area contributed by atoms with Crippen molar-refractivity contribution in [1.29, 1.82) is 0 Å². The summed E-state index contributed by atoms with van der Waals surface area (Å²) in [6.45, 7) is 2.87. The number of carbonyl (C=O) groups is 2. The Labute approximate surface area is 177 Å². The lowest BCUT2D eigenvalue weighted by molar-refractivity contribution is -0.305. The molecule has 0 aromatic heterocycles. The monoisotopic (exact) mass is 436 g/mol. The maximum Gasteiger partial charge on any atom is 0.306 e. The highest BCUT2D eigenvalue weighted by molar-refractivity contribution is 5.70. The lowest BCUT2D eigenvalue weighted by Gasteiger charge is -2.39. The number of rotatable bonds is 14. The first-order valence-corrected chi connectivity index (χ1v) is 10.6. The molecule has 0 aromatic rings. The zero-order chi connectivity index (χ0) is 22.5. The van der Waals surface area contributed by atoms with Crippen LogP contribution in [0.1, 0.15) is 58.8 Å². The van der Waals surface area contributed by atoms with Crippen LogP contribution >= 0.6 is 0 Å². The second kappa shape index (κ2) is 14.7. The normalized spacial score (nSPS) is 27.5. The Balaban J connectivity index is 2.62. The molecule has 1 aliphatic heterocycles. The predicted molar refractivity (Wildman–Crippen MR) is 104 cm³/mol. The summed E-state index contributed by atoms with van der Waals surface area (Å²) in [5, 5.41) is 38.9. The first-order valence-electron chi connectivity index (χ1n) is 10.6. The Morgan fingerprint density at radius 2 is 1.57 bits per heavy atom. The molecule has 0 spiro atoms. The van der Waals surface area contributed by atoms with Crippen LogP contribution in [0.2, 0.25) is 0 Å². The summed E-state index contributed by atoms with van der Waals surface area (Å²) in [5.41, 5.74) is 0. The smallest absolute Gasteiger partial charge is 0.306 e. The van der Waals surface area contributed by atoms with E-state index in [1.54, 1.807) is 0 Å². The van der Waals surface area contributed by atoms with Crippen molar-refractivity contribution in [3.63, 3.8) is 0 Å². The fraction of sp³-hybridized carbons (Fsp3) is 0.900. The molecule has 0 bridgehead atoms. The topological polar surface area (TPSA) is 152 Å². The molecule has 1 aliphatic rings. The molecular weight excluding hydrogens is 400 g/mol. The van der Waals surface area contributed by atoms with Gasteiger partial charge in [0.15, 0.2) is 12.4 Å². The minimum atomic E-state index is -1.58. The van der Waals surface area contributed by atoms with Crippen LogP contribution in [0.5, 0.6) is 0 Å². The van der Waals surface area contributed by atoms with Crippen molar-refractivity contribution in [2.45, 2.75) is 95.6 Å². The molecule has 10 heteroatoms. The standard InChI is InChI=1S/C20H36O10/c1-3-5-7-9-15(22)27-11-13(29-16(23)8-6-4-2)12-28-20-19(26)18(25)17(24)14(10-21)30-20/h13-14,17-21,24-26H,3-12H2,1-2H3/t13-,14-,17+,18+,19-,20-/m1/s1. The summed E-state index contributed by atoms with van der Waals surface area (Å²) in [4.78, 5) is 23.8. The first-order chi connectivity index (χ1) is 14.3. The molecule has 1 rings (SSSR count). The molecule has 1 fully saturated rings. The van der Waals surface area contributed by atoms with Crippen molar-refractivity contribution in [1.82, 2.24) is 0 Å². The van der Waals surface area contributed by atoms with Gasteiger partial charge in [0.1, 0.15) is 31.0 Å². The molecule has 10 nitrogen and oxygen atoms in total. The van der Waals surface area contributed by atoms with Crippen molar-refractivity contribution in [2.75, 3.05) is 19.8 Å². The lowest BCUT2D eigenvalue weighted by Crippen LogP contribution is -2.59. The van der Waals surface area contributed by atoms with Crippen molar-refractivity contribution >= 4 is 11.9 Å². The summed E-state index contributed by atoms with van der Waals surface area (Å²) in [5.74, 6) is -0.882. The summed E-state index contributed by atoms with van der Waals surface area (Å²) < 4.78 is 21.2. The van der Waals surface area contributed by atoms with Gasteiger partial charge in [0.05, 0.1) is 13.2 Å². The summed E-state index contributed by atoms with van der Waals surface area (Å²) >= 11 is 0. The van der Waals surface area contributed by atoms with E-state index >= 15 is 0 Å². The van der Waals surface area contributed by atoms with Crippen molar-refractivity contribution in [3.05, 3.63) is 0 Å². The Morgan fingerprint density at radius 1 is 0.900 bits per heavy atom. The van der Waals surface area contributed by atoms with Crippen LogP contribution in [-0.2, 0) is 28.5 Å². The molecule has 1 saturated heterocycles. The van der Waals surface area contributed by atoms with Gasteiger partial charge in [-0.1, -0.05) is 33.1 Å². The maximum atomic E-state index is 12.0. The molecule has 1 heterocycles. The molecule has 30 heavy (non-hydrogen) atoms. The van der Waals surface area contributed by atoms with Crippen LogP contribution in [0.15, 0.2) is 0 Å². The largest absolute Gasteiger partial charge is 0.462 e.